The van der Waals surface area contributed by atoms with Gasteiger partial charge in [-0.2, -0.15) is 0 Å². The van der Waals surface area contributed by atoms with Crippen molar-refractivity contribution in [3.63, 3.8) is 0 Å². The minimum Gasteiger partial charge on any atom is -0.493 e. The van der Waals surface area contributed by atoms with Crippen LogP contribution in [0.5, 0.6) is 11.5 Å². The number of hydrogen-bond acceptors (Lipinski definition) is 5. The SMILES string of the molecule is CCOc1ccc(/C=C/C(=O)OCC(=O)Nc2ccccc2CC)cc1OC. The van der Waals surface area contributed by atoms with Crippen LogP contribution in [0.3, 0.4) is 0 Å². The molecule has 2 aromatic rings. The minimum absolute atomic E-state index is 0.353. The van der Waals surface area contributed by atoms with Gasteiger partial charge in [-0.1, -0.05) is 31.2 Å². The Morgan fingerprint density at radius 3 is 2.57 bits per heavy atom. The Kier molecular flexibility index (Phi) is 8.09. The van der Waals surface area contributed by atoms with Gasteiger partial charge >= 0.3 is 5.97 Å². The minimum atomic E-state index is -0.605. The zero-order valence-electron chi connectivity index (χ0n) is 16.4. The average molecular weight is 383 g/mol. The molecule has 0 aliphatic rings. The van der Waals surface area contributed by atoms with E-state index in [0.29, 0.717) is 18.1 Å². The molecule has 2 rings (SSSR count). The molecule has 0 bridgehead atoms. The lowest BCUT2D eigenvalue weighted by atomic mass is 10.1. The topological polar surface area (TPSA) is 73.9 Å². The zero-order chi connectivity index (χ0) is 20.4. The third-order valence-electron chi connectivity index (χ3n) is 3.92. The van der Waals surface area contributed by atoms with Crippen LogP contribution in [0.1, 0.15) is 25.0 Å². The summed E-state index contributed by atoms with van der Waals surface area (Å²) in [7, 11) is 1.55. The first-order valence-corrected chi connectivity index (χ1v) is 9.10. The van der Waals surface area contributed by atoms with Gasteiger partial charge in [0.1, 0.15) is 0 Å². The van der Waals surface area contributed by atoms with Crippen molar-refractivity contribution in [1.82, 2.24) is 0 Å². The monoisotopic (exact) mass is 383 g/mol. The molecular formula is C22H25NO5. The molecule has 0 atom stereocenters. The van der Waals surface area contributed by atoms with Gasteiger partial charge in [0.05, 0.1) is 13.7 Å². The summed E-state index contributed by atoms with van der Waals surface area (Å²) >= 11 is 0. The number of methoxy groups -OCH3 is 1. The first-order chi connectivity index (χ1) is 13.6. The Morgan fingerprint density at radius 2 is 1.86 bits per heavy atom. The highest BCUT2D eigenvalue weighted by Crippen LogP contribution is 2.28. The molecule has 0 radical (unpaired) electrons. The number of carbonyl (C=O) groups is 2. The summed E-state index contributed by atoms with van der Waals surface area (Å²) in [5.74, 6) is 0.220. The first kappa shape index (κ1) is 21.0. The molecule has 0 aromatic heterocycles. The second-order valence-electron chi connectivity index (χ2n) is 5.84. The van der Waals surface area contributed by atoms with Crippen molar-refractivity contribution in [2.45, 2.75) is 20.3 Å². The second kappa shape index (κ2) is 10.8. The van der Waals surface area contributed by atoms with Gasteiger partial charge in [-0.05, 0) is 48.7 Å². The van der Waals surface area contributed by atoms with Crippen molar-refractivity contribution >= 4 is 23.6 Å². The number of aryl methyl sites for hydroxylation is 1. The van der Waals surface area contributed by atoms with Gasteiger partial charge in [-0.25, -0.2) is 4.79 Å². The maximum Gasteiger partial charge on any atom is 0.331 e. The smallest absolute Gasteiger partial charge is 0.331 e. The van der Waals surface area contributed by atoms with E-state index < -0.39 is 5.97 Å². The molecule has 0 heterocycles. The van der Waals surface area contributed by atoms with Gasteiger partial charge in [-0.3, -0.25) is 4.79 Å². The number of carbonyl (C=O) groups excluding carboxylic acids is 2. The van der Waals surface area contributed by atoms with Crippen LogP contribution < -0.4 is 14.8 Å². The number of para-hydroxylation sites is 1. The van der Waals surface area contributed by atoms with Crippen LogP contribution in [0, 0.1) is 0 Å². The van der Waals surface area contributed by atoms with E-state index in [9.17, 15) is 9.59 Å². The molecule has 2 aromatic carbocycles. The lowest BCUT2D eigenvalue weighted by Crippen LogP contribution is -2.20. The standard InChI is InChI=1S/C22H25NO5/c1-4-17-8-6-7-9-18(17)23-21(24)15-28-22(25)13-11-16-10-12-19(27-5-2)20(14-16)26-3/h6-14H,4-5,15H2,1-3H3,(H,23,24)/b13-11+. The number of anilines is 1. The first-order valence-electron chi connectivity index (χ1n) is 9.10. The maximum absolute atomic E-state index is 12.0. The predicted molar refractivity (Wildman–Crippen MR) is 109 cm³/mol. The van der Waals surface area contributed by atoms with Crippen LogP contribution >= 0.6 is 0 Å². The highest BCUT2D eigenvalue weighted by Gasteiger charge is 2.08. The number of amides is 1. The molecule has 0 unspecified atom stereocenters. The number of benzene rings is 2. The lowest BCUT2D eigenvalue weighted by molar-refractivity contribution is -0.142. The van der Waals surface area contributed by atoms with E-state index in [1.807, 2.05) is 38.1 Å². The summed E-state index contributed by atoms with van der Waals surface area (Å²) in [6.45, 7) is 4.07. The number of nitrogens with one attached hydrogen (secondary N) is 1. The summed E-state index contributed by atoms with van der Waals surface area (Å²) in [6.07, 6.45) is 3.65. The fourth-order valence-electron chi connectivity index (χ4n) is 2.55. The summed E-state index contributed by atoms with van der Waals surface area (Å²) in [5, 5.41) is 2.75. The van der Waals surface area contributed by atoms with E-state index in [0.717, 1.165) is 23.2 Å². The summed E-state index contributed by atoms with van der Waals surface area (Å²) in [6, 6.07) is 12.8. The predicted octanol–water partition coefficient (Wildman–Crippen LogP) is 3.85. The average Bonchev–Trinajstić information content (AvgIpc) is 2.72. The number of esters is 1. The van der Waals surface area contributed by atoms with Gasteiger partial charge in [0, 0.05) is 11.8 Å². The number of hydrogen-bond donors (Lipinski definition) is 1. The molecule has 0 aliphatic carbocycles. The van der Waals surface area contributed by atoms with Crippen LogP contribution in [0.15, 0.2) is 48.5 Å². The highest BCUT2D eigenvalue weighted by molar-refractivity contribution is 5.95. The number of ether oxygens (including phenoxy) is 3. The molecular weight excluding hydrogens is 358 g/mol. The van der Waals surface area contributed by atoms with Crippen LogP contribution in [0.2, 0.25) is 0 Å². The van der Waals surface area contributed by atoms with E-state index in [-0.39, 0.29) is 12.5 Å². The normalized spacial score (nSPS) is 10.5. The molecule has 0 saturated carbocycles. The van der Waals surface area contributed by atoms with Crippen molar-refractivity contribution in [3.05, 3.63) is 59.7 Å². The van der Waals surface area contributed by atoms with Crippen molar-refractivity contribution in [2.24, 2.45) is 0 Å². The Bertz CT molecular complexity index is 845. The van der Waals surface area contributed by atoms with E-state index in [2.05, 4.69) is 5.32 Å². The van der Waals surface area contributed by atoms with Crippen LogP contribution in [0.4, 0.5) is 5.69 Å². The van der Waals surface area contributed by atoms with Crippen LogP contribution in [-0.2, 0) is 20.7 Å². The third-order valence-corrected chi connectivity index (χ3v) is 3.92. The molecule has 148 valence electrons. The lowest BCUT2D eigenvalue weighted by Gasteiger charge is -2.10. The molecule has 0 spiro atoms. The summed E-state index contributed by atoms with van der Waals surface area (Å²) in [4.78, 5) is 23.9. The molecule has 0 fully saturated rings. The van der Waals surface area contributed by atoms with Crippen LogP contribution in [-0.4, -0.2) is 32.2 Å². The van der Waals surface area contributed by atoms with Crippen molar-refractivity contribution in [3.8, 4) is 11.5 Å². The molecule has 0 aliphatic heterocycles. The Labute approximate surface area is 165 Å². The van der Waals surface area contributed by atoms with E-state index >= 15 is 0 Å². The quantitative estimate of drug-likeness (QED) is 0.526. The van der Waals surface area contributed by atoms with Crippen molar-refractivity contribution in [2.75, 3.05) is 25.6 Å². The third kappa shape index (κ3) is 6.16. The van der Waals surface area contributed by atoms with Crippen molar-refractivity contribution < 1.29 is 23.8 Å². The van der Waals surface area contributed by atoms with E-state index in [1.54, 1.807) is 31.4 Å². The highest BCUT2D eigenvalue weighted by atomic mass is 16.5. The molecule has 1 amide bonds. The largest absolute Gasteiger partial charge is 0.493 e. The van der Waals surface area contributed by atoms with Gasteiger partial charge < -0.3 is 19.5 Å². The van der Waals surface area contributed by atoms with E-state index in [1.165, 1.54) is 6.08 Å². The summed E-state index contributed by atoms with van der Waals surface area (Å²) in [5.41, 5.74) is 2.49. The van der Waals surface area contributed by atoms with Crippen LogP contribution in [0.25, 0.3) is 6.08 Å². The fraction of sp³-hybridized carbons (Fsp3) is 0.273. The number of rotatable bonds is 9. The Hall–Kier alpha value is -3.28. The molecule has 0 saturated heterocycles. The Balaban J connectivity index is 1.89. The maximum atomic E-state index is 12.0. The molecule has 6 heteroatoms. The van der Waals surface area contributed by atoms with Gasteiger partial charge in [0.25, 0.3) is 5.91 Å². The van der Waals surface area contributed by atoms with Gasteiger partial charge in [-0.15, -0.1) is 0 Å². The molecule has 1 N–H and O–H groups in total. The molecule has 28 heavy (non-hydrogen) atoms. The van der Waals surface area contributed by atoms with Gasteiger partial charge in [0.15, 0.2) is 18.1 Å². The second-order valence-corrected chi connectivity index (χ2v) is 5.84. The van der Waals surface area contributed by atoms with Crippen molar-refractivity contribution in [1.29, 1.82) is 0 Å². The zero-order valence-corrected chi connectivity index (χ0v) is 16.4. The van der Waals surface area contributed by atoms with E-state index in [4.69, 9.17) is 14.2 Å². The summed E-state index contributed by atoms with van der Waals surface area (Å²) < 4.78 is 15.7. The van der Waals surface area contributed by atoms with Gasteiger partial charge in [0.2, 0.25) is 0 Å². The fourth-order valence-corrected chi connectivity index (χ4v) is 2.55. The Morgan fingerprint density at radius 1 is 1.07 bits per heavy atom. The molecule has 6 nitrogen and oxygen atoms in total.